The van der Waals surface area contributed by atoms with Crippen LogP contribution in [-0.4, -0.2) is 24.1 Å². The molecule has 68 valence electrons. The average molecular weight is 175 g/mol. The molecule has 0 bridgehead atoms. The minimum atomic E-state index is -1.10. The first kappa shape index (κ1) is 8.13. The Hall–Kier alpha value is -0.480. The summed E-state index contributed by atoms with van der Waals surface area (Å²) in [5.74, 6) is -0.151. The third-order valence-corrected chi connectivity index (χ3v) is 2.45. The molecule has 1 aliphatic heterocycles. The second-order valence-corrected chi connectivity index (χ2v) is 3.27. The monoisotopic (exact) mass is 175 g/mol. The molecule has 0 N–H and O–H groups in total. The molecule has 2 aliphatic rings. The molecule has 0 radical (unpaired) electrons. The van der Waals surface area contributed by atoms with Crippen molar-refractivity contribution in [3.63, 3.8) is 0 Å². The molecule has 2 nitrogen and oxygen atoms in total. The van der Waals surface area contributed by atoms with Gasteiger partial charge in [0.2, 0.25) is 0 Å². The molecule has 1 aliphatic carbocycles. The quantitative estimate of drug-likeness (QED) is 0.411. The van der Waals surface area contributed by atoms with Crippen molar-refractivity contribution in [3.8, 4) is 0 Å². The molecular formula is C8H11F2NO. The van der Waals surface area contributed by atoms with E-state index in [1.54, 1.807) is 0 Å². The summed E-state index contributed by atoms with van der Waals surface area (Å²) in [6.07, 6.45) is 3.73. The minimum absolute atomic E-state index is 0.116. The van der Waals surface area contributed by atoms with Gasteiger partial charge in [0.05, 0.1) is 12.6 Å². The van der Waals surface area contributed by atoms with E-state index < -0.39 is 6.17 Å². The molecule has 1 saturated heterocycles. The van der Waals surface area contributed by atoms with Gasteiger partial charge in [0, 0.05) is 5.92 Å². The van der Waals surface area contributed by atoms with Gasteiger partial charge in [0.1, 0.15) is 6.17 Å². The Bertz CT molecular complexity index is 197. The average Bonchev–Trinajstić information content (AvgIpc) is 2.04. The number of halogens is 2. The number of nitrogens with zero attached hydrogens (tertiary/aromatic N) is 1. The van der Waals surface area contributed by atoms with E-state index in [-0.39, 0.29) is 23.9 Å². The van der Waals surface area contributed by atoms with Gasteiger partial charge >= 0.3 is 0 Å². The van der Waals surface area contributed by atoms with Gasteiger partial charge in [0.25, 0.3) is 0 Å². The molecule has 0 amide bonds. The van der Waals surface area contributed by atoms with E-state index in [1.165, 1.54) is 0 Å². The topological polar surface area (TPSA) is 12.5 Å². The van der Waals surface area contributed by atoms with Crippen molar-refractivity contribution in [2.75, 3.05) is 6.54 Å². The summed E-state index contributed by atoms with van der Waals surface area (Å²) in [7, 11) is 0. The fourth-order valence-corrected chi connectivity index (χ4v) is 1.77. The number of fused-ring (bicyclic) bond motifs is 1. The predicted molar refractivity (Wildman–Crippen MR) is 39.4 cm³/mol. The molecule has 3 unspecified atom stereocenters. The first-order chi connectivity index (χ1) is 5.77. The normalized spacial score (nSPS) is 42.7. The first-order valence-electron chi connectivity index (χ1n) is 4.16. The summed E-state index contributed by atoms with van der Waals surface area (Å²) in [5, 5.41) is 0.116. The van der Waals surface area contributed by atoms with Gasteiger partial charge in [-0.25, -0.2) is 4.39 Å². The van der Waals surface area contributed by atoms with Crippen LogP contribution in [-0.2, 0) is 4.84 Å². The zero-order valence-electron chi connectivity index (χ0n) is 6.62. The van der Waals surface area contributed by atoms with Crippen molar-refractivity contribution in [2.24, 2.45) is 5.92 Å². The van der Waals surface area contributed by atoms with Crippen LogP contribution in [0.1, 0.15) is 12.8 Å². The predicted octanol–water partition coefficient (Wildman–Crippen LogP) is 1.79. The summed E-state index contributed by atoms with van der Waals surface area (Å²) in [4.78, 5) is 4.84. The van der Waals surface area contributed by atoms with Gasteiger partial charge in [-0.1, -0.05) is 12.2 Å². The molecule has 0 saturated carbocycles. The van der Waals surface area contributed by atoms with E-state index in [9.17, 15) is 8.87 Å². The lowest BCUT2D eigenvalue weighted by molar-refractivity contribution is -0.346. The Morgan fingerprint density at radius 3 is 2.92 bits per heavy atom. The van der Waals surface area contributed by atoms with E-state index in [4.69, 9.17) is 4.84 Å². The molecule has 12 heavy (non-hydrogen) atoms. The van der Waals surface area contributed by atoms with Crippen LogP contribution in [0.25, 0.3) is 0 Å². The highest BCUT2D eigenvalue weighted by atomic mass is 19.2. The Morgan fingerprint density at radius 2 is 2.08 bits per heavy atom. The van der Waals surface area contributed by atoms with E-state index in [0.29, 0.717) is 12.8 Å². The minimum Gasteiger partial charge on any atom is -0.266 e. The van der Waals surface area contributed by atoms with Crippen LogP contribution in [0.4, 0.5) is 8.87 Å². The molecule has 0 spiro atoms. The molecule has 1 heterocycles. The molecule has 0 aromatic carbocycles. The smallest absolute Gasteiger partial charge is 0.123 e. The number of allylic oxidation sites excluding steroid dienone is 1. The van der Waals surface area contributed by atoms with Gasteiger partial charge in [0.15, 0.2) is 0 Å². The third-order valence-electron chi connectivity index (χ3n) is 2.45. The van der Waals surface area contributed by atoms with Gasteiger partial charge < -0.3 is 0 Å². The lowest BCUT2D eigenvalue weighted by Crippen LogP contribution is -2.46. The van der Waals surface area contributed by atoms with E-state index in [0.717, 1.165) is 0 Å². The standard InChI is InChI=1S/C8H11F2NO/c9-7-5-11(10)12-8-4-2-1-3-6(7)8/h1-2,6-8H,3-5H2. The lowest BCUT2D eigenvalue weighted by Gasteiger charge is -2.36. The van der Waals surface area contributed by atoms with Crippen molar-refractivity contribution >= 4 is 0 Å². The Morgan fingerprint density at radius 1 is 1.33 bits per heavy atom. The largest absolute Gasteiger partial charge is 0.266 e. The lowest BCUT2D eigenvalue weighted by atomic mass is 9.86. The van der Waals surface area contributed by atoms with Crippen LogP contribution < -0.4 is 0 Å². The zero-order chi connectivity index (χ0) is 8.55. The number of hydrogen-bond acceptors (Lipinski definition) is 2. The summed E-state index contributed by atoms with van der Waals surface area (Å²) >= 11 is 0. The van der Waals surface area contributed by atoms with Gasteiger partial charge in [-0.05, 0) is 18.1 Å². The number of alkyl halides is 1. The van der Waals surface area contributed by atoms with Crippen molar-refractivity contribution in [1.29, 1.82) is 0 Å². The fraction of sp³-hybridized carbons (Fsp3) is 0.750. The third kappa shape index (κ3) is 1.36. The Kier molecular flexibility index (Phi) is 2.11. The van der Waals surface area contributed by atoms with Crippen molar-refractivity contribution in [1.82, 2.24) is 5.29 Å². The first-order valence-corrected chi connectivity index (χ1v) is 4.16. The second kappa shape index (κ2) is 3.11. The number of hydrogen-bond donors (Lipinski definition) is 0. The number of hydroxylamine groups is 1. The van der Waals surface area contributed by atoms with Gasteiger partial charge in [-0.15, -0.1) is 4.48 Å². The summed E-state index contributed by atoms with van der Waals surface area (Å²) < 4.78 is 25.7. The van der Waals surface area contributed by atoms with Crippen LogP contribution in [0.2, 0.25) is 0 Å². The molecule has 3 atom stereocenters. The van der Waals surface area contributed by atoms with Gasteiger partial charge in [-0.2, -0.15) is 0 Å². The van der Waals surface area contributed by atoms with Crippen LogP contribution in [0.3, 0.4) is 0 Å². The molecule has 4 heteroatoms. The molecule has 1 fully saturated rings. The molecular weight excluding hydrogens is 164 g/mol. The summed E-state index contributed by atoms with van der Waals surface area (Å²) in [6, 6.07) is 0. The van der Waals surface area contributed by atoms with Crippen molar-refractivity contribution in [3.05, 3.63) is 12.2 Å². The summed E-state index contributed by atoms with van der Waals surface area (Å²) in [6.45, 7) is -0.255. The van der Waals surface area contributed by atoms with E-state index in [1.807, 2.05) is 12.2 Å². The van der Waals surface area contributed by atoms with E-state index >= 15 is 0 Å². The maximum absolute atomic E-state index is 13.2. The highest BCUT2D eigenvalue weighted by Gasteiger charge is 2.38. The SMILES string of the molecule is FC1CN(F)OC2CC=CCC12. The molecule has 2 rings (SSSR count). The number of rotatable bonds is 0. The van der Waals surface area contributed by atoms with Crippen LogP contribution >= 0.6 is 0 Å². The molecule has 0 aromatic rings. The maximum Gasteiger partial charge on any atom is 0.123 e. The summed E-state index contributed by atoms with van der Waals surface area (Å²) in [5.41, 5.74) is 0. The Labute approximate surface area is 69.7 Å². The maximum atomic E-state index is 13.2. The van der Waals surface area contributed by atoms with E-state index in [2.05, 4.69) is 0 Å². The highest BCUT2D eigenvalue weighted by Crippen LogP contribution is 2.31. The zero-order valence-corrected chi connectivity index (χ0v) is 6.62. The molecule has 0 aromatic heterocycles. The van der Waals surface area contributed by atoms with Gasteiger partial charge in [-0.3, -0.25) is 4.84 Å². The van der Waals surface area contributed by atoms with Crippen molar-refractivity contribution < 1.29 is 13.7 Å². The second-order valence-electron chi connectivity index (χ2n) is 3.27. The fourth-order valence-electron chi connectivity index (χ4n) is 1.77. The van der Waals surface area contributed by atoms with Crippen LogP contribution in [0, 0.1) is 5.92 Å². The van der Waals surface area contributed by atoms with Crippen LogP contribution in [0.15, 0.2) is 12.2 Å². The highest BCUT2D eigenvalue weighted by molar-refractivity contribution is 4.98. The van der Waals surface area contributed by atoms with Crippen molar-refractivity contribution in [2.45, 2.75) is 25.1 Å². The Balaban J connectivity index is 2.08. The van der Waals surface area contributed by atoms with Crippen LogP contribution in [0.5, 0.6) is 0 Å².